The molecule has 0 unspecified atom stereocenters. The largest absolute Gasteiger partial charge is 0.309 e. The van der Waals surface area contributed by atoms with E-state index in [9.17, 15) is 0 Å². The molecule has 1 aromatic heterocycles. The van der Waals surface area contributed by atoms with Crippen LogP contribution in [0.5, 0.6) is 0 Å². The lowest BCUT2D eigenvalue weighted by molar-refractivity contribution is 1.19. The van der Waals surface area contributed by atoms with E-state index in [2.05, 4.69) is 168 Å². The third-order valence-electron chi connectivity index (χ3n) is 8.94. The molecular formula is C42H27N. The van der Waals surface area contributed by atoms with Crippen LogP contribution in [-0.4, -0.2) is 4.57 Å². The molecule has 0 fully saturated rings. The SMILES string of the molecule is c1cc(-c2ccc3ccc4ccccc4c3c2)cc(-c2ccc3c(c2)c2ccccc2n3-c2ccc3ccccc3c2)c1. The van der Waals surface area contributed by atoms with Crippen molar-refractivity contribution in [2.75, 3.05) is 0 Å². The summed E-state index contributed by atoms with van der Waals surface area (Å²) in [7, 11) is 0. The Hall–Kier alpha value is -5.66. The molecule has 1 heterocycles. The van der Waals surface area contributed by atoms with Gasteiger partial charge in [-0.1, -0.05) is 121 Å². The standard InChI is InChI=1S/C42H27N/c1-2-10-33-25-36(22-20-28(33)8-1)43-41-15-6-5-14-38(41)40-27-35(21-23-42(40)43)32-12-7-11-31(24-32)34-19-18-30-17-16-29-9-3-4-13-37(29)39(30)26-34/h1-27H. The predicted octanol–water partition coefficient (Wildman–Crippen LogP) is 11.6. The lowest BCUT2D eigenvalue weighted by atomic mass is 9.95. The minimum Gasteiger partial charge on any atom is -0.309 e. The van der Waals surface area contributed by atoms with Crippen molar-refractivity contribution < 1.29 is 0 Å². The molecule has 0 aliphatic rings. The fourth-order valence-electron chi connectivity index (χ4n) is 6.81. The molecular weight excluding hydrogens is 518 g/mol. The summed E-state index contributed by atoms with van der Waals surface area (Å²) >= 11 is 0. The maximum absolute atomic E-state index is 2.40. The van der Waals surface area contributed by atoms with Gasteiger partial charge in [-0.25, -0.2) is 0 Å². The predicted molar refractivity (Wildman–Crippen MR) is 184 cm³/mol. The van der Waals surface area contributed by atoms with Crippen LogP contribution in [-0.2, 0) is 0 Å². The quantitative estimate of drug-likeness (QED) is 0.195. The molecule has 1 nitrogen and oxygen atoms in total. The van der Waals surface area contributed by atoms with Crippen molar-refractivity contribution in [2.24, 2.45) is 0 Å². The van der Waals surface area contributed by atoms with E-state index in [1.54, 1.807) is 0 Å². The Labute approximate surface area is 249 Å². The lowest BCUT2D eigenvalue weighted by Gasteiger charge is -2.11. The molecule has 200 valence electrons. The highest BCUT2D eigenvalue weighted by Gasteiger charge is 2.14. The first kappa shape index (κ1) is 24.0. The zero-order valence-corrected chi connectivity index (χ0v) is 23.5. The van der Waals surface area contributed by atoms with Crippen LogP contribution in [0.4, 0.5) is 0 Å². The molecule has 9 aromatic rings. The number of benzene rings is 8. The second-order valence-electron chi connectivity index (χ2n) is 11.4. The number of hydrogen-bond acceptors (Lipinski definition) is 0. The zero-order chi connectivity index (χ0) is 28.3. The van der Waals surface area contributed by atoms with Crippen LogP contribution >= 0.6 is 0 Å². The van der Waals surface area contributed by atoms with Gasteiger partial charge in [-0.05, 0) is 97.0 Å². The Balaban J connectivity index is 1.19. The molecule has 1 heteroatoms. The van der Waals surface area contributed by atoms with Gasteiger partial charge in [-0.2, -0.15) is 0 Å². The molecule has 0 saturated heterocycles. The molecule has 0 aliphatic heterocycles. The van der Waals surface area contributed by atoms with Crippen molar-refractivity contribution in [3.63, 3.8) is 0 Å². The smallest absolute Gasteiger partial charge is 0.0541 e. The summed E-state index contributed by atoms with van der Waals surface area (Å²) in [6.07, 6.45) is 0. The molecule has 0 atom stereocenters. The highest BCUT2D eigenvalue weighted by atomic mass is 15.0. The fraction of sp³-hybridized carbons (Fsp3) is 0. The van der Waals surface area contributed by atoms with E-state index in [1.807, 2.05) is 0 Å². The molecule has 43 heavy (non-hydrogen) atoms. The molecule has 0 radical (unpaired) electrons. The first-order valence-corrected chi connectivity index (χ1v) is 14.8. The number of nitrogens with zero attached hydrogens (tertiary/aromatic N) is 1. The van der Waals surface area contributed by atoms with E-state index < -0.39 is 0 Å². The second kappa shape index (κ2) is 9.44. The maximum atomic E-state index is 2.40. The molecule has 0 amide bonds. The van der Waals surface area contributed by atoms with Crippen molar-refractivity contribution in [1.82, 2.24) is 4.57 Å². The van der Waals surface area contributed by atoms with Crippen molar-refractivity contribution >= 4 is 54.1 Å². The normalized spacial score (nSPS) is 11.7. The third-order valence-corrected chi connectivity index (χ3v) is 8.94. The first-order chi connectivity index (χ1) is 21.3. The minimum atomic E-state index is 1.18. The van der Waals surface area contributed by atoms with Crippen LogP contribution in [0.3, 0.4) is 0 Å². The molecule has 9 rings (SSSR count). The maximum Gasteiger partial charge on any atom is 0.0541 e. The number of hydrogen-bond donors (Lipinski definition) is 0. The molecule has 0 spiro atoms. The Morgan fingerprint density at radius 2 is 0.837 bits per heavy atom. The van der Waals surface area contributed by atoms with Gasteiger partial charge in [0, 0.05) is 16.5 Å². The van der Waals surface area contributed by atoms with Crippen LogP contribution in [0.15, 0.2) is 164 Å². The van der Waals surface area contributed by atoms with Gasteiger partial charge in [0.1, 0.15) is 0 Å². The average Bonchev–Trinajstić information content (AvgIpc) is 3.41. The van der Waals surface area contributed by atoms with Gasteiger partial charge in [0.05, 0.1) is 11.0 Å². The summed E-state index contributed by atoms with van der Waals surface area (Å²) in [4.78, 5) is 0. The summed E-state index contributed by atoms with van der Waals surface area (Å²) in [6, 6.07) is 59.9. The Bertz CT molecular complexity index is 2510. The van der Waals surface area contributed by atoms with Gasteiger partial charge in [0.25, 0.3) is 0 Å². The second-order valence-corrected chi connectivity index (χ2v) is 11.4. The topological polar surface area (TPSA) is 4.93 Å². The first-order valence-electron chi connectivity index (χ1n) is 14.8. The third kappa shape index (κ3) is 3.86. The Kier molecular flexibility index (Phi) is 5.27. The summed E-state index contributed by atoms with van der Waals surface area (Å²) < 4.78 is 2.40. The van der Waals surface area contributed by atoms with Gasteiger partial charge in [-0.3, -0.25) is 0 Å². The van der Waals surface area contributed by atoms with E-state index in [0.717, 1.165) is 0 Å². The molecule has 0 bridgehead atoms. The molecule has 0 saturated carbocycles. The van der Waals surface area contributed by atoms with E-state index in [-0.39, 0.29) is 0 Å². The van der Waals surface area contributed by atoms with Crippen molar-refractivity contribution in [2.45, 2.75) is 0 Å². The van der Waals surface area contributed by atoms with Crippen LogP contribution in [0.2, 0.25) is 0 Å². The van der Waals surface area contributed by atoms with Crippen LogP contribution in [0.1, 0.15) is 0 Å². The van der Waals surface area contributed by atoms with Crippen molar-refractivity contribution in [3.05, 3.63) is 164 Å². The van der Waals surface area contributed by atoms with E-state index in [0.29, 0.717) is 0 Å². The molecule has 0 aliphatic carbocycles. The average molecular weight is 546 g/mol. The van der Waals surface area contributed by atoms with E-state index in [4.69, 9.17) is 0 Å². The number of para-hydroxylation sites is 1. The van der Waals surface area contributed by atoms with Crippen LogP contribution in [0.25, 0.3) is 82.1 Å². The Morgan fingerprint density at radius 1 is 0.279 bits per heavy atom. The highest BCUT2D eigenvalue weighted by molar-refractivity contribution is 6.11. The number of rotatable bonds is 3. The van der Waals surface area contributed by atoms with Crippen molar-refractivity contribution in [1.29, 1.82) is 0 Å². The summed E-state index contributed by atoms with van der Waals surface area (Å²) in [5, 5.41) is 10.2. The Morgan fingerprint density at radius 3 is 1.67 bits per heavy atom. The van der Waals surface area contributed by atoms with Gasteiger partial charge in [0.15, 0.2) is 0 Å². The van der Waals surface area contributed by atoms with Gasteiger partial charge in [0.2, 0.25) is 0 Å². The van der Waals surface area contributed by atoms with Crippen LogP contribution in [0, 0.1) is 0 Å². The van der Waals surface area contributed by atoms with Crippen LogP contribution < -0.4 is 0 Å². The summed E-state index contributed by atoms with van der Waals surface area (Å²) in [5.74, 6) is 0. The summed E-state index contributed by atoms with van der Waals surface area (Å²) in [6.45, 7) is 0. The van der Waals surface area contributed by atoms with E-state index >= 15 is 0 Å². The zero-order valence-electron chi connectivity index (χ0n) is 23.5. The van der Waals surface area contributed by atoms with E-state index in [1.165, 1.54) is 82.1 Å². The minimum absolute atomic E-state index is 1.18. The van der Waals surface area contributed by atoms with Gasteiger partial charge in [-0.15, -0.1) is 0 Å². The van der Waals surface area contributed by atoms with Gasteiger partial charge < -0.3 is 4.57 Å². The highest BCUT2D eigenvalue weighted by Crippen LogP contribution is 2.37. The monoisotopic (exact) mass is 545 g/mol. The number of fused-ring (bicyclic) bond motifs is 7. The van der Waals surface area contributed by atoms with Crippen molar-refractivity contribution in [3.8, 4) is 27.9 Å². The lowest BCUT2D eigenvalue weighted by Crippen LogP contribution is -1.93. The number of aromatic nitrogens is 1. The van der Waals surface area contributed by atoms with Gasteiger partial charge >= 0.3 is 0 Å². The fourth-order valence-corrected chi connectivity index (χ4v) is 6.81. The molecule has 0 N–H and O–H groups in total. The summed E-state index contributed by atoms with van der Waals surface area (Å²) in [5.41, 5.74) is 8.54. The molecule has 8 aromatic carbocycles.